The molecule has 2 rings (SSSR count). The van der Waals surface area contributed by atoms with E-state index in [4.69, 9.17) is 9.47 Å². The van der Waals surface area contributed by atoms with E-state index in [-0.39, 0.29) is 41.6 Å². The second kappa shape index (κ2) is 11.5. The molecule has 26 heavy (non-hydrogen) atoms. The lowest BCUT2D eigenvalue weighted by molar-refractivity contribution is 0.214. The topological polar surface area (TPSA) is 67.8 Å². The Morgan fingerprint density at radius 1 is 1.23 bits per heavy atom. The van der Waals surface area contributed by atoms with Gasteiger partial charge in [0.25, 0.3) is 0 Å². The Morgan fingerprint density at radius 3 is 2.62 bits per heavy atom. The van der Waals surface area contributed by atoms with Crippen molar-refractivity contribution in [2.24, 2.45) is 4.99 Å². The van der Waals surface area contributed by atoms with E-state index in [0.717, 1.165) is 5.56 Å². The summed E-state index contributed by atoms with van der Waals surface area (Å²) >= 11 is 0. The fourth-order valence-corrected chi connectivity index (χ4v) is 2.08. The quantitative estimate of drug-likeness (QED) is 0.367. The Balaban J connectivity index is 0.00000338. The highest BCUT2D eigenvalue weighted by Crippen LogP contribution is 2.16. The molecule has 0 aliphatic carbocycles. The van der Waals surface area contributed by atoms with Gasteiger partial charge in [0.15, 0.2) is 17.5 Å². The molecule has 6 nitrogen and oxygen atoms in total. The molecule has 0 aliphatic rings. The van der Waals surface area contributed by atoms with E-state index in [1.54, 1.807) is 44.6 Å². The number of rotatable bonds is 7. The third-order valence-electron chi connectivity index (χ3n) is 3.41. The van der Waals surface area contributed by atoms with Crippen LogP contribution in [0.2, 0.25) is 0 Å². The molecule has 0 radical (unpaired) electrons. The molecule has 0 fully saturated rings. The molecular weight excluding hydrogens is 450 g/mol. The third-order valence-corrected chi connectivity index (χ3v) is 3.41. The molecule has 1 unspecified atom stereocenters. The smallest absolute Gasteiger partial charge is 0.212 e. The van der Waals surface area contributed by atoms with Crippen molar-refractivity contribution < 1.29 is 13.9 Å². The number of para-hydroxylation sites is 1. The van der Waals surface area contributed by atoms with Crippen LogP contribution in [0.1, 0.15) is 12.5 Å². The summed E-state index contributed by atoms with van der Waals surface area (Å²) in [6, 6.07) is 10.1. The number of benzene rings is 1. The Labute approximate surface area is 170 Å². The van der Waals surface area contributed by atoms with Gasteiger partial charge in [0.05, 0.1) is 13.7 Å². The van der Waals surface area contributed by atoms with Crippen LogP contribution in [0.3, 0.4) is 0 Å². The largest absolute Gasteiger partial charge is 0.486 e. The Bertz CT molecular complexity index is 698. The number of hydrogen-bond acceptors (Lipinski definition) is 4. The van der Waals surface area contributed by atoms with Crippen molar-refractivity contribution in [2.75, 3.05) is 20.7 Å². The van der Waals surface area contributed by atoms with Crippen LogP contribution >= 0.6 is 24.0 Å². The number of nitrogens with zero attached hydrogens (tertiary/aromatic N) is 2. The van der Waals surface area contributed by atoms with Gasteiger partial charge in [-0.05, 0) is 24.6 Å². The van der Waals surface area contributed by atoms with Crippen molar-refractivity contribution in [3.8, 4) is 11.6 Å². The zero-order valence-electron chi connectivity index (χ0n) is 15.0. The lowest BCUT2D eigenvalue weighted by Crippen LogP contribution is -2.41. The summed E-state index contributed by atoms with van der Waals surface area (Å²) in [4.78, 5) is 8.31. The van der Waals surface area contributed by atoms with Crippen molar-refractivity contribution >= 4 is 29.9 Å². The third kappa shape index (κ3) is 7.03. The Kier molecular flexibility index (Phi) is 9.71. The summed E-state index contributed by atoms with van der Waals surface area (Å²) in [5, 5.41) is 6.33. The van der Waals surface area contributed by atoms with Gasteiger partial charge in [-0.25, -0.2) is 9.37 Å². The molecule has 8 heteroatoms. The zero-order valence-corrected chi connectivity index (χ0v) is 17.4. The van der Waals surface area contributed by atoms with Gasteiger partial charge in [-0.2, -0.15) is 0 Å². The Morgan fingerprint density at radius 2 is 2.00 bits per heavy atom. The van der Waals surface area contributed by atoms with Gasteiger partial charge < -0.3 is 20.1 Å². The summed E-state index contributed by atoms with van der Waals surface area (Å²) < 4.78 is 24.2. The van der Waals surface area contributed by atoms with Crippen LogP contribution < -0.4 is 20.1 Å². The first-order valence-electron chi connectivity index (χ1n) is 7.97. The second-order valence-corrected chi connectivity index (χ2v) is 5.37. The standard InChI is InChI=1S/C18H23FN4O2.HI/c1-13(25-16-7-5-4-6-15(16)19)10-22-18(20-2)23-12-14-8-9-17(24-3)21-11-14;/h4-9,11,13H,10,12H2,1-3H3,(H2,20,22,23);1H. The SMILES string of the molecule is CN=C(NCc1ccc(OC)nc1)NCC(C)Oc1ccccc1F.I. The van der Waals surface area contributed by atoms with Crippen LogP contribution in [0.15, 0.2) is 47.6 Å². The molecule has 2 N–H and O–H groups in total. The van der Waals surface area contributed by atoms with E-state index < -0.39 is 0 Å². The monoisotopic (exact) mass is 474 g/mol. The second-order valence-electron chi connectivity index (χ2n) is 5.37. The normalized spacial score (nSPS) is 11.9. The summed E-state index contributed by atoms with van der Waals surface area (Å²) in [7, 11) is 3.26. The summed E-state index contributed by atoms with van der Waals surface area (Å²) in [6.07, 6.45) is 1.52. The highest BCUT2D eigenvalue weighted by atomic mass is 127. The van der Waals surface area contributed by atoms with E-state index in [2.05, 4.69) is 20.6 Å². The molecule has 2 aromatic rings. The van der Waals surface area contributed by atoms with Crippen LogP contribution in [0.5, 0.6) is 11.6 Å². The fourth-order valence-electron chi connectivity index (χ4n) is 2.08. The number of aromatic nitrogens is 1. The number of methoxy groups -OCH3 is 1. The zero-order chi connectivity index (χ0) is 18.1. The first-order chi connectivity index (χ1) is 12.1. The van der Waals surface area contributed by atoms with Crippen molar-refractivity contribution in [2.45, 2.75) is 19.6 Å². The first kappa shape index (κ1) is 21.9. The van der Waals surface area contributed by atoms with Crippen LogP contribution in [0.25, 0.3) is 0 Å². The van der Waals surface area contributed by atoms with Gasteiger partial charge in [-0.1, -0.05) is 18.2 Å². The minimum absolute atomic E-state index is 0. The van der Waals surface area contributed by atoms with Gasteiger partial charge in [0.1, 0.15) is 6.10 Å². The molecular formula is C18H24FIN4O2. The first-order valence-corrected chi connectivity index (χ1v) is 7.97. The molecule has 1 aromatic carbocycles. The number of pyridine rings is 1. The number of aliphatic imine (C=N–C) groups is 1. The average molecular weight is 474 g/mol. The molecule has 0 bridgehead atoms. The number of hydrogen-bond donors (Lipinski definition) is 2. The van der Waals surface area contributed by atoms with E-state index in [1.165, 1.54) is 6.07 Å². The maximum atomic E-state index is 13.6. The highest BCUT2D eigenvalue weighted by molar-refractivity contribution is 14.0. The number of ether oxygens (including phenoxy) is 2. The predicted octanol–water partition coefficient (Wildman–Crippen LogP) is 2.98. The molecule has 0 spiro atoms. The van der Waals surface area contributed by atoms with Crippen molar-refractivity contribution in [1.29, 1.82) is 0 Å². The number of nitrogens with one attached hydrogen (secondary N) is 2. The maximum absolute atomic E-state index is 13.6. The molecule has 1 atom stereocenters. The van der Waals surface area contributed by atoms with Crippen LogP contribution in [-0.4, -0.2) is 37.7 Å². The highest BCUT2D eigenvalue weighted by Gasteiger charge is 2.09. The average Bonchev–Trinajstić information content (AvgIpc) is 2.64. The van der Waals surface area contributed by atoms with Crippen molar-refractivity contribution in [1.82, 2.24) is 15.6 Å². The molecule has 0 aliphatic heterocycles. The van der Waals surface area contributed by atoms with Crippen molar-refractivity contribution in [3.63, 3.8) is 0 Å². The van der Waals surface area contributed by atoms with Crippen LogP contribution in [0, 0.1) is 5.82 Å². The molecule has 0 saturated heterocycles. The van der Waals surface area contributed by atoms with Gasteiger partial charge in [0.2, 0.25) is 5.88 Å². The molecule has 0 saturated carbocycles. The summed E-state index contributed by atoms with van der Waals surface area (Å²) in [6.45, 7) is 2.91. The molecule has 1 aromatic heterocycles. The van der Waals surface area contributed by atoms with Crippen LogP contribution in [-0.2, 0) is 6.54 Å². The predicted molar refractivity (Wildman–Crippen MR) is 111 cm³/mol. The van der Waals surface area contributed by atoms with E-state index >= 15 is 0 Å². The number of guanidine groups is 1. The fraction of sp³-hybridized carbons (Fsp3) is 0.333. The molecule has 1 heterocycles. The van der Waals surface area contributed by atoms with E-state index in [0.29, 0.717) is 24.9 Å². The van der Waals surface area contributed by atoms with Gasteiger partial charge in [0, 0.05) is 25.9 Å². The molecule has 0 amide bonds. The van der Waals surface area contributed by atoms with E-state index in [1.807, 2.05) is 13.0 Å². The van der Waals surface area contributed by atoms with Crippen LogP contribution in [0.4, 0.5) is 4.39 Å². The van der Waals surface area contributed by atoms with Gasteiger partial charge in [-0.15, -0.1) is 24.0 Å². The maximum Gasteiger partial charge on any atom is 0.212 e. The van der Waals surface area contributed by atoms with Gasteiger partial charge >= 0.3 is 0 Å². The van der Waals surface area contributed by atoms with Gasteiger partial charge in [-0.3, -0.25) is 4.99 Å². The Hall–Kier alpha value is -2.10. The van der Waals surface area contributed by atoms with Crippen molar-refractivity contribution in [3.05, 3.63) is 54.0 Å². The summed E-state index contributed by atoms with van der Waals surface area (Å²) in [5.74, 6) is 1.07. The number of halogens is 2. The minimum atomic E-state index is -0.371. The lowest BCUT2D eigenvalue weighted by atomic mass is 10.3. The minimum Gasteiger partial charge on any atom is -0.486 e. The summed E-state index contributed by atoms with van der Waals surface area (Å²) in [5.41, 5.74) is 0.999. The lowest BCUT2D eigenvalue weighted by Gasteiger charge is -2.18. The molecule has 142 valence electrons. The van der Waals surface area contributed by atoms with E-state index in [9.17, 15) is 4.39 Å².